The molecule has 0 aromatic heterocycles. The number of unbranched alkanes of at least 4 members (excludes halogenated alkanes) is 34. The molecule has 0 saturated heterocycles. The minimum Gasteiger partial charge on any atom is -0.462 e. The van der Waals surface area contributed by atoms with Gasteiger partial charge in [0.05, 0.1) is 6.61 Å². The molecule has 0 N–H and O–H groups in total. The molecule has 0 heterocycles. The molecular weight excluding hydrogens is 837 g/mol. The Labute approximate surface area is 424 Å². The Bertz CT molecular complexity index is 1170. The van der Waals surface area contributed by atoms with Gasteiger partial charge in [0.25, 0.3) is 0 Å². The van der Waals surface area contributed by atoms with Crippen molar-refractivity contribution in [3.05, 3.63) is 60.8 Å². The second kappa shape index (κ2) is 58.9. The number of rotatable bonds is 55. The number of carbonyl (C=O) groups is 2. The van der Waals surface area contributed by atoms with Gasteiger partial charge in [0.2, 0.25) is 0 Å². The minimum atomic E-state index is -0.548. The minimum absolute atomic E-state index is 0.0770. The van der Waals surface area contributed by atoms with E-state index in [2.05, 4.69) is 81.5 Å². The van der Waals surface area contributed by atoms with Crippen LogP contribution in [-0.4, -0.2) is 37.9 Å². The molecule has 0 aromatic rings. The van der Waals surface area contributed by atoms with Gasteiger partial charge < -0.3 is 14.2 Å². The average molecular weight is 952 g/mol. The predicted octanol–water partition coefficient (Wildman–Crippen LogP) is 20.5. The van der Waals surface area contributed by atoms with E-state index in [0.29, 0.717) is 19.4 Å². The van der Waals surface area contributed by atoms with Gasteiger partial charge in [-0.25, -0.2) is 0 Å². The fourth-order valence-corrected chi connectivity index (χ4v) is 8.51. The van der Waals surface area contributed by atoms with Crippen LogP contribution < -0.4 is 0 Å². The van der Waals surface area contributed by atoms with Crippen LogP contribution in [-0.2, 0) is 23.8 Å². The van der Waals surface area contributed by atoms with Crippen LogP contribution in [0.5, 0.6) is 0 Å². The second-order valence-electron chi connectivity index (χ2n) is 19.9. The maximum Gasteiger partial charge on any atom is 0.306 e. The molecule has 0 aromatic carbocycles. The highest BCUT2D eigenvalue weighted by atomic mass is 16.6. The molecule has 0 rings (SSSR count). The maximum absolute atomic E-state index is 12.9. The normalized spacial score (nSPS) is 12.6. The number of hydrogen-bond donors (Lipinski definition) is 0. The molecular formula is C63H114O5. The SMILES string of the molecule is CCCCC/C=C\C/C=C\CCCCCCCCCCCC(=O)OCC(COCCCCCCCCCC/C=C\CCCCCCCC)OC(=O)CCCCCCC/C=C\C/C=C\CCCCC. The van der Waals surface area contributed by atoms with Gasteiger partial charge in [0, 0.05) is 19.4 Å². The first kappa shape index (κ1) is 65.6. The second-order valence-corrected chi connectivity index (χ2v) is 19.9. The summed E-state index contributed by atoms with van der Waals surface area (Å²) in [5.74, 6) is -0.408. The van der Waals surface area contributed by atoms with E-state index in [4.69, 9.17) is 14.2 Å². The molecule has 0 amide bonds. The standard InChI is InChI=1S/C63H114O5/c1-4-7-10-13-16-19-22-25-28-30-32-33-36-38-41-44-47-50-53-56-62(64)67-60-61(68-63(65)57-54-51-48-45-42-39-35-27-24-21-18-15-12-9-6-3)59-66-58-55-52-49-46-43-40-37-34-31-29-26-23-20-17-14-11-8-5-2/h16,18-19,21,25-29,35,61H,4-15,17,20,22-24,30-34,36-60H2,1-3H3/b19-16-,21-18-,28-25-,29-26-,35-27-. The zero-order valence-electron chi connectivity index (χ0n) is 45.6. The average Bonchev–Trinajstić information content (AvgIpc) is 3.34. The van der Waals surface area contributed by atoms with E-state index in [0.717, 1.165) is 64.2 Å². The quantitative estimate of drug-likeness (QED) is 0.0345. The van der Waals surface area contributed by atoms with E-state index in [9.17, 15) is 9.59 Å². The van der Waals surface area contributed by atoms with E-state index in [1.165, 1.54) is 205 Å². The molecule has 0 aliphatic rings. The van der Waals surface area contributed by atoms with Gasteiger partial charge in [-0.1, -0.05) is 242 Å². The summed E-state index contributed by atoms with van der Waals surface area (Å²) in [6.07, 6.45) is 75.3. The van der Waals surface area contributed by atoms with Gasteiger partial charge in [-0.15, -0.1) is 0 Å². The molecule has 0 radical (unpaired) electrons. The number of hydrogen-bond acceptors (Lipinski definition) is 5. The maximum atomic E-state index is 12.9. The number of esters is 2. The molecule has 5 nitrogen and oxygen atoms in total. The van der Waals surface area contributed by atoms with Crippen molar-refractivity contribution < 1.29 is 23.8 Å². The van der Waals surface area contributed by atoms with E-state index >= 15 is 0 Å². The van der Waals surface area contributed by atoms with Crippen LogP contribution in [0.2, 0.25) is 0 Å². The fourth-order valence-electron chi connectivity index (χ4n) is 8.51. The number of ether oxygens (including phenoxy) is 3. The monoisotopic (exact) mass is 951 g/mol. The molecule has 0 saturated carbocycles. The van der Waals surface area contributed by atoms with Crippen molar-refractivity contribution in [3.63, 3.8) is 0 Å². The summed E-state index contributed by atoms with van der Waals surface area (Å²) in [4.78, 5) is 25.5. The molecule has 5 heteroatoms. The lowest BCUT2D eigenvalue weighted by Gasteiger charge is -2.18. The van der Waals surface area contributed by atoms with E-state index in [1.54, 1.807) is 0 Å². The van der Waals surface area contributed by atoms with Crippen molar-refractivity contribution in [1.82, 2.24) is 0 Å². The van der Waals surface area contributed by atoms with Crippen molar-refractivity contribution in [2.45, 2.75) is 309 Å². The van der Waals surface area contributed by atoms with Crippen LogP contribution in [0.3, 0.4) is 0 Å². The van der Waals surface area contributed by atoms with Gasteiger partial charge >= 0.3 is 11.9 Å². The zero-order chi connectivity index (χ0) is 49.2. The summed E-state index contributed by atoms with van der Waals surface area (Å²) in [6, 6.07) is 0. The van der Waals surface area contributed by atoms with Gasteiger partial charge in [0.1, 0.15) is 6.61 Å². The van der Waals surface area contributed by atoms with E-state index < -0.39 is 6.10 Å². The Kier molecular flexibility index (Phi) is 56.8. The highest BCUT2D eigenvalue weighted by molar-refractivity contribution is 5.70. The third-order valence-corrected chi connectivity index (χ3v) is 13.0. The number of allylic oxidation sites excluding steroid dienone is 10. The van der Waals surface area contributed by atoms with Gasteiger partial charge in [-0.3, -0.25) is 9.59 Å². The predicted molar refractivity (Wildman–Crippen MR) is 298 cm³/mol. The van der Waals surface area contributed by atoms with Crippen molar-refractivity contribution >= 4 is 11.9 Å². The van der Waals surface area contributed by atoms with Crippen LogP contribution in [0.1, 0.15) is 303 Å². The van der Waals surface area contributed by atoms with Gasteiger partial charge in [-0.2, -0.15) is 0 Å². The van der Waals surface area contributed by atoms with Crippen molar-refractivity contribution in [1.29, 1.82) is 0 Å². The van der Waals surface area contributed by atoms with Gasteiger partial charge in [-0.05, 0) is 109 Å². The molecule has 0 bridgehead atoms. The van der Waals surface area contributed by atoms with Gasteiger partial charge in [0.15, 0.2) is 6.10 Å². The molecule has 1 unspecified atom stereocenters. The molecule has 0 aliphatic carbocycles. The Balaban J connectivity index is 4.27. The fraction of sp³-hybridized carbons (Fsp3) is 0.810. The van der Waals surface area contributed by atoms with E-state index in [-0.39, 0.29) is 25.2 Å². The first-order valence-electron chi connectivity index (χ1n) is 29.8. The first-order valence-corrected chi connectivity index (χ1v) is 29.8. The zero-order valence-corrected chi connectivity index (χ0v) is 45.6. The summed E-state index contributed by atoms with van der Waals surface area (Å²) >= 11 is 0. The summed E-state index contributed by atoms with van der Waals surface area (Å²) in [7, 11) is 0. The largest absolute Gasteiger partial charge is 0.462 e. The Morgan fingerprint density at radius 2 is 0.618 bits per heavy atom. The molecule has 0 aliphatic heterocycles. The van der Waals surface area contributed by atoms with Crippen LogP contribution >= 0.6 is 0 Å². The number of carbonyl (C=O) groups excluding carboxylic acids is 2. The Morgan fingerprint density at radius 3 is 1.01 bits per heavy atom. The Morgan fingerprint density at radius 1 is 0.324 bits per heavy atom. The summed E-state index contributed by atoms with van der Waals surface area (Å²) in [5.41, 5.74) is 0. The molecule has 1 atom stereocenters. The Hall–Kier alpha value is -2.40. The molecule has 396 valence electrons. The third kappa shape index (κ3) is 56.2. The topological polar surface area (TPSA) is 61.8 Å². The lowest BCUT2D eigenvalue weighted by Crippen LogP contribution is -2.30. The van der Waals surface area contributed by atoms with Crippen LogP contribution in [0, 0.1) is 0 Å². The summed E-state index contributed by atoms with van der Waals surface area (Å²) in [6.45, 7) is 7.79. The van der Waals surface area contributed by atoms with Crippen LogP contribution in [0.15, 0.2) is 60.8 Å². The van der Waals surface area contributed by atoms with E-state index in [1.807, 2.05) is 0 Å². The lowest BCUT2D eigenvalue weighted by atomic mass is 10.1. The molecule has 0 fully saturated rings. The molecule has 0 spiro atoms. The van der Waals surface area contributed by atoms with Crippen molar-refractivity contribution in [3.8, 4) is 0 Å². The summed E-state index contributed by atoms with van der Waals surface area (Å²) in [5, 5.41) is 0. The first-order chi connectivity index (χ1) is 33.6. The summed E-state index contributed by atoms with van der Waals surface area (Å²) < 4.78 is 17.5. The highest BCUT2D eigenvalue weighted by Crippen LogP contribution is 2.15. The van der Waals surface area contributed by atoms with Crippen LogP contribution in [0.4, 0.5) is 0 Å². The smallest absolute Gasteiger partial charge is 0.306 e. The van der Waals surface area contributed by atoms with Crippen molar-refractivity contribution in [2.75, 3.05) is 19.8 Å². The molecule has 68 heavy (non-hydrogen) atoms. The third-order valence-electron chi connectivity index (χ3n) is 13.0. The van der Waals surface area contributed by atoms with Crippen LogP contribution in [0.25, 0.3) is 0 Å². The highest BCUT2D eigenvalue weighted by Gasteiger charge is 2.17. The lowest BCUT2D eigenvalue weighted by molar-refractivity contribution is -0.163. The van der Waals surface area contributed by atoms with Crippen molar-refractivity contribution in [2.24, 2.45) is 0 Å².